The number of rotatable bonds is 5. The molecule has 0 atom stereocenters. The third-order valence-corrected chi connectivity index (χ3v) is 3.80. The Morgan fingerprint density at radius 1 is 1.12 bits per heavy atom. The molecular formula is C19H18N6O. The van der Waals surface area contributed by atoms with Gasteiger partial charge in [0.15, 0.2) is 5.82 Å². The molecule has 0 aliphatic rings. The monoisotopic (exact) mass is 346 g/mol. The van der Waals surface area contributed by atoms with Crippen LogP contribution in [0, 0.1) is 6.92 Å². The number of benzene rings is 1. The van der Waals surface area contributed by atoms with E-state index in [1.165, 1.54) is 0 Å². The van der Waals surface area contributed by atoms with E-state index in [-0.39, 0.29) is 0 Å². The van der Waals surface area contributed by atoms with Crippen molar-refractivity contribution in [3.8, 4) is 17.1 Å². The first-order valence-electron chi connectivity index (χ1n) is 8.37. The van der Waals surface area contributed by atoms with E-state index in [0.29, 0.717) is 18.2 Å². The number of nitrogens with one attached hydrogen (secondary N) is 1. The lowest BCUT2D eigenvalue weighted by Gasteiger charge is -2.09. The number of hydrogen-bond donors (Lipinski definition) is 1. The van der Waals surface area contributed by atoms with Crippen molar-refractivity contribution in [1.29, 1.82) is 0 Å². The predicted octanol–water partition coefficient (Wildman–Crippen LogP) is 3.64. The number of fused-ring (bicyclic) bond motifs is 1. The molecular weight excluding hydrogens is 328 g/mol. The number of pyridine rings is 1. The molecule has 26 heavy (non-hydrogen) atoms. The normalized spacial score (nSPS) is 10.8. The molecule has 0 fully saturated rings. The van der Waals surface area contributed by atoms with Gasteiger partial charge in [0.2, 0.25) is 0 Å². The molecule has 1 aromatic carbocycles. The zero-order chi connectivity index (χ0) is 17.9. The van der Waals surface area contributed by atoms with Crippen LogP contribution in [-0.4, -0.2) is 31.2 Å². The zero-order valence-corrected chi connectivity index (χ0v) is 14.5. The van der Waals surface area contributed by atoms with Crippen molar-refractivity contribution in [3.05, 3.63) is 60.6 Å². The summed E-state index contributed by atoms with van der Waals surface area (Å²) in [6, 6.07) is 13.5. The van der Waals surface area contributed by atoms with Crippen LogP contribution in [0.5, 0.6) is 5.75 Å². The number of ether oxygens (including phenoxy) is 1. The predicted molar refractivity (Wildman–Crippen MR) is 99.6 cm³/mol. The number of nitrogens with zero attached hydrogens (tertiary/aromatic N) is 5. The molecule has 7 heteroatoms. The number of aromatic nitrogens is 5. The fraction of sp³-hybridized carbons (Fsp3) is 0.158. The molecule has 7 nitrogen and oxygen atoms in total. The van der Waals surface area contributed by atoms with E-state index in [0.717, 1.165) is 28.5 Å². The maximum absolute atomic E-state index is 5.48. The van der Waals surface area contributed by atoms with Gasteiger partial charge in [-0.05, 0) is 50.2 Å². The summed E-state index contributed by atoms with van der Waals surface area (Å²) in [5.41, 5.74) is 2.64. The van der Waals surface area contributed by atoms with E-state index in [1.54, 1.807) is 16.9 Å². The quantitative estimate of drug-likeness (QED) is 0.594. The third-order valence-electron chi connectivity index (χ3n) is 3.80. The van der Waals surface area contributed by atoms with Crippen LogP contribution in [0.3, 0.4) is 0 Å². The molecule has 3 aromatic heterocycles. The van der Waals surface area contributed by atoms with Crippen LogP contribution in [0.25, 0.3) is 17.2 Å². The average Bonchev–Trinajstić information content (AvgIpc) is 3.08. The van der Waals surface area contributed by atoms with Crippen molar-refractivity contribution in [1.82, 2.24) is 24.6 Å². The molecule has 0 aliphatic carbocycles. The highest BCUT2D eigenvalue weighted by Crippen LogP contribution is 2.22. The van der Waals surface area contributed by atoms with Gasteiger partial charge in [0.25, 0.3) is 5.78 Å². The second-order valence-corrected chi connectivity index (χ2v) is 5.75. The molecule has 130 valence electrons. The Labute approximate surface area is 150 Å². The van der Waals surface area contributed by atoms with Crippen LogP contribution >= 0.6 is 0 Å². The topological polar surface area (TPSA) is 77.2 Å². The fourth-order valence-electron chi connectivity index (χ4n) is 2.64. The molecule has 0 aliphatic heterocycles. The molecule has 0 spiro atoms. The van der Waals surface area contributed by atoms with Crippen molar-refractivity contribution in [3.63, 3.8) is 0 Å². The van der Waals surface area contributed by atoms with Gasteiger partial charge in [-0.25, -0.2) is 4.98 Å². The molecule has 4 rings (SSSR count). The molecule has 1 N–H and O–H groups in total. The summed E-state index contributed by atoms with van der Waals surface area (Å²) >= 11 is 0. The second-order valence-electron chi connectivity index (χ2n) is 5.75. The summed E-state index contributed by atoms with van der Waals surface area (Å²) in [7, 11) is 0. The summed E-state index contributed by atoms with van der Waals surface area (Å²) < 4.78 is 7.18. The largest absolute Gasteiger partial charge is 0.494 e. The van der Waals surface area contributed by atoms with Crippen LogP contribution in [0.4, 0.5) is 11.5 Å². The Hall–Kier alpha value is -3.48. The molecule has 0 unspecified atom stereocenters. The molecule has 0 saturated carbocycles. The maximum Gasteiger partial charge on any atom is 0.254 e. The minimum absolute atomic E-state index is 0.539. The van der Waals surface area contributed by atoms with Crippen LogP contribution in [0.15, 0.2) is 54.9 Å². The van der Waals surface area contributed by atoms with Gasteiger partial charge in [-0.3, -0.25) is 4.98 Å². The summed E-state index contributed by atoms with van der Waals surface area (Å²) in [5.74, 6) is 2.76. The first-order valence-corrected chi connectivity index (χ1v) is 8.37. The smallest absolute Gasteiger partial charge is 0.254 e. The van der Waals surface area contributed by atoms with Crippen molar-refractivity contribution in [2.24, 2.45) is 0 Å². The van der Waals surface area contributed by atoms with Gasteiger partial charge < -0.3 is 10.1 Å². The average molecular weight is 346 g/mol. The SMILES string of the molecule is CCOc1ccc(Nc2cc(C)nc3nc(-c4cccnc4)nn23)cc1. The highest BCUT2D eigenvalue weighted by Gasteiger charge is 2.12. The molecule has 0 radical (unpaired) electrons. The van der Waals surface area contributed by atoms with Gasteiger partial charge in [-0.15, -0.1) is 5.10 Å². The lowest BCUT2D eigenvalue weighted by molar-refractivity contribution is 0.340. The maximum atomic E-state index is 5.48. The Balaban J connectivity index is 1.71. The van der Waals surface area contributed by atoms with E-state index in [1.807, 2.05) is 56.3 Å². The molecule has 0 bridgehead atoms. The number of hydrogen-bond acceptors (Lipinski definition) is 6. The van der Waals surface area contributed by atoms with Crippen molar-refractivity contribution < 1.29 is 4.74 Å². The number of anilines is 2. The van der Waals surface area contributed by atoms with E-state index >= 15 is 0 Å². The van der Waals surface area contributed by atoms with E-state index in [2.05, 4.69) is 25.4 Å². The fourth-order valence-corrected chi connectivity index (χ4v) is 2.64. The first-order chi connectivity index (χ1) is 12.7. The standard InChI is InChI=1S/C19H18N6O/c1-3-26-16-8-6-15(7-9-16)22-17-11-13(2)21-19-23-18(24-25(17)19)14-5-4-10-20-12-14/h4-12,22H,3H2,1-2H3. The third kappa shape index (κ3) is 3.19. The van der Waals surface area contributed by atoms with Gasteiger partial charge in [-0.2, -0.15) is 9.50 Å². The summed E-state index contributed by atoms with van der Waals surface area (Å²) in [6.45, 7) is 4.54. The first kappa shape index (κ1) is 16.0. The summed E-state index contributed by atoms with van der Waals surface area (Å²) in [5, 5.41) is 7.95. The lowest BCUT2D eigenvalue weighted by Crippen LogP contribution is -2.02. The lowest BCUT2D eigenvalue weighted by atomic mass is 10.3. The van der Waals surface area contributed by atoms with E-state index < -0.39 is 0 Å². The van der Waals surface area contributed by atoms with Crippen LogP contribution < -0.4 is 10.1 Å². The van der Waals surface area contributed by atoms with E-state index in [4.69, 9.17) is 4.74 Å². The van der Waals surface area contributed by atoms with Crippen molar-refractivity contribution in [2.75, 3.05) is 11.9 Å². The Kier molecular flexibility index (Phi) is 4.18. The van der Waals surface area contributed by atoms with Crippen molar-refractivity contribution in [2.45, 2.75) is 13.8 Å². The van der Waals surface area contributed by atoms with Gasteiger partial charge in [0.05, 0.1) is 6.61 Å². The van der Waals surface area contributed by atoms with Gasteiger partial charge >= 0.3 is 0 Å². The second kappa shape index (κ2) is 6.79. The van der Waals surface area contributed by atoms with E-state index in [9.17, 15) is 0 Å². The minimum Gasteiger partial charge on any atom is -0.494 e. The van der Waals surface area contributed by atoms with Crippen LogP contribution in [0.2, 0.25) is 0 Å². The summed E-state index contributed by atoms with van der Waals surface area (Å²) in [6.07, 6.45) is 3.46. The zero-order valence-electron chi connectivity index (χ0n) is 14.5. The molecule has 0 amide bonds. The van der Waals surface area contributed by atoms with Crippen LogP contribution in [0.1, 0.15) is 12.6 Å². The molecule has 0 saturated heterocycles. The van der Waals surface area contributed by atoms with Crippen molar-refractivity contribution >= 4 is 17.3 Å². The van der Waals surface area contributed by atoms with Gasteiger partial charge in [0, 0.05) is 35.4 Å². The minimum atomic E-state index is 0.539. The molecule has 4 aromatic rings. The van der Waals surface area contributed by atoms with Gasteiger partial charge in [0.1, 0.15) is 11.6 Å². The Bertz CT molecular complexity index is 1030. The Morgan fingerprint density at radius 2 is 1.96 bits per heavy atom. The summed E-state index contributed by atoms with van der Waals surface area (Å²) in [4.78, 5) is 13.1. The van der Waals surface area contributed by atoms with Crippen LogP contribution in [-0.2, 0) is 0 Å². The highest BCUT2D eigenvalue weighted by atomic mass is 16.5. The Morgan fingerprint density at radius 3 is 2.69 bits per heavy atom. The van der Waals surface area contributed by atoms with Gasteiger partial charge in [-0.1, -0.05) is 0 Å². The highest BCUT2D eigenvalue weighted by molar-refractivity contribution is 5.62. The number of aryl methyl sites for hydroxylation is 1. The molecule has 3 heterocycles.